The highest BCUT2D eigenvalue weighted by Gasteiger charge is 2.12. The molecule has 0 bridgehead atoms. The van der Waals surface area contributed by atoms with Gasteiger partial charge in [0.25, 0.3) is 0 Å². The largest absolute Gasteiger partial charge is 0.369 e. The van der Waals surface area contributed by atoms with Gasteiger partial charge in [0.2, 0.25) is 11.8 Å². The first-order valence-electron chi connectivity index (χ1n) is 6.40. The topological polar surface area (TPSA) is 111 Å². The van der Waals surface area contributed by atoms with Crippen LogP contribution in [0.1, 0.15) is 29.1 Å². The predicted molar refractivity (Wildman–Crippen MR) is 77.9 cm³/mol. The molecule has 21 heavy (non-hydrogen) atoms. The molecule has 2 aromatic heterocycles. The van der Waals surface area contributed by atoms with Gasteiger partial charge in [0.05, 0.1) is 17.8 Å². The van der Waals surface area contributed by atoms with Crippen LogP contribution in [0.4, 0.5) is 5.13 Å². The van der Waals surface area contributed by atoms with Gasteiger partial charge in [-0.1, -0.05) is 5.16 Å². The first-order chi connectivity index (χ1) is 9.95. The zero-order valence-electron chi connectivity index (χ0n) is 11.8. The van der Waals surface area contributed by atoms with Crippen LogP contribution in [-0.4, -0.2) is 22.0 Å². The summed E-state index contributed by atoms with van der Waals surface area (Å²) in [5, 5.41) is 8.72. The summed E-state index contributed by atoms with van der Waals surface area (Å²) in [6.45, 7) is 3.67. The van der Waals surface area contributed by atoms with Crippen LogP contribution in [0.5, 0.6) is 0 Å². The van der Waals surface area contributed by atoms with E-state index in [-0.39, 0.29) is 12.3 Å². The fraction of sp³-hybridized carbons (Fsp3) is 0.385. The zero-order chi connectivity index (χ0) is 15.4. The van der Waals surface area contributed by atoms with Crippen molar-refractivity contribution in [1.29, 1.82) is 0 Å². The Balaban J connectivity index is 1.87. The van der Waals surface area contributed by atoms with Gasteiger partial charge in [0.15, 0.2) is 5.13 Å². The first-order valence-corrected chi connectivity index (χ1v) is 7.28. The van der Waals surface area contributed by atoms with E-state index in [0.717, 1.165) is 17.0 Å². The number of anilines is 1. The van der Waals surface area contributed by atoms with Crippen molar-refractivity contribution in [2.24, 2.45) is 5.73 Å². The Morgan fingerprint density at radius 2 is 2.19 bits per heavy atom. The van der Waals surface area contributed by atoms with Gasteiger partial charge < -0.3 is 15.6 Å². The van der Waals surface area contributed by atoms with Gasteiger partial charge in [-0.15, -0.1) is 11.3 Å². The molecule has 0 aliphatic carbocycles. The summed E-state index contributed by atoms with van der Waals surface area (Å²) in [5.41, 5.74) is 7.41. The van der Waals surface area contributed by atoms with Crippen LogP contribution in [0.25, 0.3) is 0 Å². The number of nitrogens with one attached hydrogen (secondary N) is 1. The minimum absolute atomic E-state index is 0.0748. The molecule has 8 heteroatoms. The zero-order valence-corrected chi connectivity index (χ0v) is 12.6. The summed E-state index contributed by atoms with van der Waals surface area (Å²) >= 11 is 1.27. The van der Waals surface area contributed by atoms with Crippen LogP contribution in [-0.2, 0) is 22.4 Å². The van der Waals surface area contributed by atoms with Gasteiger partial charge in [-0.2, -0.15) is 0 Å². The number of nitrogens with two attached hydrogens (primary N) is 1. The lowest BCUT2D eigenvalue weighted by atomic mass is 10.1. The number of carbonyl (C=O) groups excluding carboxylic acids is 2. The standard InChI is InChI=1S/C13H16N4O3S/c1-7-10(8(2)20-17-7)3-4-12(19)16-13-15-9(6-21-13)5-11(14)18/h6H,3-5H2,1-2H3,(H2,14,18)(H,15,16,19). The van der Waals surface area contributed by atoms with Crippen LogP contribution >= 0.6 is 11.3 Å². The highest BCUT2D eigenvalue weighted by molar-refractivity contribution is 7.13. The minimum Gasteiger partial charge on any atom is -0.369 e. The molecule has 0 aromatic carbocycles. The van der Waals surface area contributed by atoms with E-state index in [0.29, 0.717) is 23.7 Å². The van der Waals surface area contributed by atoms with Crippen molar-refractivity contribution in [1.82, 2.24) is 10.1 Å². The molecule has 0 radical (unpaired) electrons. The summed E-state index contributed by atoms with van der Waals surface area (Å²) in [6, 6.07) is 0. The van der Waals surface area contributed by atoms with Gasteiger partial charge in [0, 0.05) is 17.4 Å². The van der Waals surface area contributed by atoms with Gasteiger partial charge in [-0.05, 0) is 20.3 Å². The first kappa shape index (κ1) is 15.2. The molecule has 0 saturated carbocycles. The van der Waals surface area contributed by atoms with Gasteiger partial charge in [-0.3, -0.25) is 9.59 Å². The number of primary amides is 1. The van der Waals surface area contributed by atoms with E-state index in [1.165, 1.54) is 11.3 Å². The molecular weight excluding hydrogens is 292 g/mol. The van der Waals surface area contributed by atoms with Crippen molar-refractivity contribution in [3.8, 4) is 0 Å². The van der Waals surface area contributed by atoms with Gasteiger partial charge >= 0.3 is 0 Å². The van der Waals surface area contributed by atoms with Gasteiger partial charge in [0.1, 0.15) is 5.76 Å². The molecule has 112 valence electrons. The Kier molecular flexibility index (Phi) is 4.69. The second kappa shape index (κ2) is 6.49. The van der Waals surface area contributed by atoms with Crippen LogP contribution < -0.4 is 11.1 Å². The smallest absolute Gasteiger partial charge is 0.226 e. The number of hydrogen-bond acceptors (Lipinski definition) is 6. The Morgan fingerprint density at radius 3 is 2.81 bits per heavy atom. The van der Waals surface area contributed by atoms with E-state index in [2.05, 4.69) is 15.5 Å². The molecule has 0 spiro atoms. The molecule has 0 aliphatic rings. The lowest BCUT2D eigenvalue weighted by Crippen LogP contribution is -2.15. The van der Waals surface area contributed by atoms with Crippen molar-refractivity contribution < 1.29 is 14.1 Å². The molecule has 0 atom stereocenters. The molecule has 2 rings (SSSR count). The maximum absolute atomic E-state index is 11.9. The fourth-order valence-electron chi connectivity index (χ4n) is 1.90. The Labute approximate surface area is 125 Å². The number of amides is 2. The molecule has 2 aromatic rings. The van der Waals surface area contributed by atoms with Crippen molar-refractivity contribution in [3.05, 3.63) is 28.1 Å². The third-order valence-electron chi connectivity index (χ3n) is 2.94. The van der Waals surface area contributed by atoms with E-state index < -0.39 is 5.91 Å². The van der Waals surface area contributed by atoms with Gasteiger partial charge in [-0.25, -0.2) is 4.98 Å². The normalized spacial score (nSPS) is 10.6. The van der Waals surface area contributed by atoms with Crippen molar-refractivity contribution in [2.75, 3.05) is 5.32 Å². The average Bonchev–Trinajstić information content (AvgIpc) is 2.95. The third kappa shape index (κ3) is 4.12. The Hall–Kier alpha value is -2.22. The summed E-state index contributed by atoms with van der Waals surface area (Å²) in [7, 11) is 0. The summed E-state index contributed by atoms with van der Waals surface area (Å²) in [5.74, 6) is 0.143. The molecule has 0 saturated heterocycles. The number of hydrogen-bond donors (Lipinski definition) is 2. The molecule has 7 nitrogen and oxygen atoms in total. The number of aromatic nitrogens is 2. The molecule has 0 fully saturated rings. The molecule has 3 N–H and O–H groups in total. The highest BCUT2D eigenvalue weighted by Crippen LogP contribution is 2.17. The second-order valence-corrected chi connectivity index (χ2v) is 5.50. The number of rotatable bonds is 6. The molecule has 2 amide bonds. The van der Waals surface area contributed by atoms with E-state index in [4.69, 9.17) is 10.3 Å². The third-order valence-corrected chi connectivity index (χ3v) is 3.74. The molecular formula is C13H16N4O3S. The van der Waals surface area contributed by atoms with Crippen molar-refractivity contribution in [3.63, 3.8) is 0 Å². The van der Waals surface area contributed by atoms with Crippen LogP contribution in [0.3, 0.4) is 0 Å². The second-order valence-electron chi connectivity index (χ2n) is 4.64. The lowest BCUT2D eigenvalue weighted by molar-refractivity contribution is -0.117. The van der Waals surface area contributed by atoms with Crippen molar-refractivity contribution >= 4 is 28.3 Å². The van der Waals surface area contributed by atoms with Crippen LogP contribution in [0.2, 0.25) is 0 Å². The van der Waals surface area contributed by atoms with E-state index in [1.54, 1.807) is 5.38 Å². The number of thiazole rings is 1. The molecule has 2 heterocycles. The maximum Gasteiger partial charge on any atom is 0.226 e. The minimum atomic E-state index is -0.448. The van der Waals surface area contributed by atoms with Crippen LogP contribution in [0, 0.1) is 13.8 Å². The Morgan fingerprint density at radius 1 is 1.43 bits per heavy atom. The monoisotopic (exact) mass is 308 g/mol. The quantitative estimate of drug-likeness (QED) is 0.836. The fourth-order valence-corrected chi connectivity index (χ4v) is 2.63. The SMILES string of the molecule is Cc1noc(C)c1CCC(=O)Nc1nc(CC(N)=O)cs1. The van der Waals surface area contributed by atoms with Crippen molar-refractivity contribution in [2.45, 2.75) is 33.1 Å². The number of nitrogens with zero attached hydrogens (tertiary/aromatic N) is 2. The highest BCUT2D eigenvalue weighted by atomic mass is 32.1. The summed E-state index contributed by atoms with van der Waals surface area (Å²) in [6.07, 6.45) is 0.950. The van der Waals surface area contributed by atoms with Crippen LogP contribution in [0.15, 0.2) is 9.90 Å². The predicted octanol–water partition coefficient (Wildman–Crippen LogP) is 1.35. The molecule has 0 unspecified atom stereocenters. The lowest BCUT2D eigenvalue weighted by Gasteiger charge is -2.01. The summed E-state index contributed by atoms with van der Waals surface area (Å²) in [4.78, 5) is 26.8. The van der Waals surface area contributed by atoms with E-state index in [1.807, 2.05) is 13.8 Å². The molecule has 0 aliphatic heterocycles. The van der Waals surface area contributed by atoms with E-state index in [9.17, 15) is 9.59 Å². The maximum atomic E-state index is 11.9. The number of carbonyl (C=O) groups is 2. The van der Waals surface area contributed by atoms with E-state index >= 15 is 0 Å². The number of aryl methyl sites for hydroxylation is 2. The average molecular weight is 308 g/mol. The Bertz CT molecular complexity index is 643. The summed E-state index contributed by atoms with van der Waals surface area (Å²) < 4.78 is 5.05.